The molecular formula is C38H46N2O12. The lowest BCUT2D eigenvalue weighted by Crippen LogP contribution is -2.22. The van der Waals surface area contributed by atoms with Crippen molar-refractivity contribution < 1.29 is 56.7 Å². The van der Waals surface area contributed by atoms with Crippen LogP contribution in [-0.4, -0.2) is 74.0 Å². The first-order valence-electron chi connectivity index (χ1n) is 17.1. The Morgan fingerprint density at radius 1 is 0.769 bits per heavy atom. The van der Waals surface area contributed by atoms with E-state index < -0.39 is 18.5 Å². The maximum absolute atomic E-state index is 12.2. The van der Waals surface area contributed by atoms with E-state index in [9.17, 15) is 14.7 Å². The lowest BCUT2D eigenvalue weighted by molar-refractivity contribution is -0.171. The Morgan fingerprint density at radius 2 is 1.33 bits per heavy atom. The maximum Gasteiger partial charge on any atom is 0.360 e. The molecule has 14 nitrogen and oxygen atoms in total. The van der Waals surface area contributed by atoms with Crippen LogP contribution in [0.2, 0.25) is 0 Å². The molecule has 0 saturated carbocycles. The van der Waals surface area contributed by atoms with Gasteiger partial charge < -0.3 is 47.1 Å². The average molecular weight is 723 g/mol. The molecule has 280 valence electrons. The van der Waals surface area contributed by atoms with Gasteiger partial charge in [-0.05, 0) is 101 Å². The van der Waals surface area contributed by atoms with E-state index in [0.717, 1.165) is 37.2 Å². The lowest BCUT2D eigenvalue weighted by Gasteiger charge is -2.22. The number of oxazole rings is 2. The molecule has 1 fully saturated rings. The summed E-state index contributed by atoms with van der Waals surface area (Å²) in [4.78, 5) is 32.3. The highest BCUT2D eigenvalue weighted by molar-refractivity contribution is 5.89. The summed E-state index contributed by atoms with van der Waals surface area (Å²) in [6.07, 6.45) is 8.84. The molecule has 0 amide bonds. The molecule has 0 spiro atoms. The van der Waals surface area contributed by atoms with Crippen LogP contribution in [0.3, 0.4) is 0 Å². The van der Waals surface area contributed by atoms with E-state index >= 15 is 0 Å². The van der Waals surface area contributed by atoms with E-state index in [1.54, 1.807) is 70.7 Å². The standard InChI is InChI=1S/C19H23NO6.C14H15NO5.C5H8O/c1-3-23-19(21)17-15(12-25-16-6-4-5-11-24-16)26-18(20-17)13-7-9-14(22-2)10-8-13;1-3-19-14(17)12-11(8-16)20-13(15-12)9-4-6-10(18-2)7-5-9;1-2-4-6-5-3-1/h7-10,16H,3-6,11-12H2,1-2H3;4-7,16H,3,8H2,1-2H3;2,4H,1,3,5H2. The zero-order valence-electron chi connectivity index (χ0n) is 30.0. The van der Waals surface area contributed by atoms with E-state index in [-0.39, 0.29) is 49.1 Å². The first-order chi connectivity index (χ1) is 25.4. The van der Waals surface area contributed by atoms with Gasteiger partial charge in [-0.15, -0.1) is 0 Å². The van der Waals surface area contributed by atoms with Gasteiger partial charge in [-0.3, -0.25) is 0 Å². The van der Waals surface area contributed by atoms with Crippen LogP contribution in [0.1, 0.15) is 78.4 Å². The van der Waals surface area contributed by atoms with Gasteiger partial charge in [0, 0.05) is 17.7 Å². The summed E-state index contributed by atoms with van der Waals surface area (Å²) < 4.78 is 47.5. The van der Waals surface area contributed by atoms with Gasteiger partial charge in [-0.2, -0.15) is 0 Å². The highest BCUT2D eigenvalue weighted by Gasteiger charge is 2.24. The van der Waals surface area contributed by atoms with Crippen LogP contribution >= 0.6 is 0 Å². The molecule has 4 aromatic rings. The van der Waals surface area contributed by atoms with Crippen molar-refractivity contribution in [2.45, 2.75) is 65.5 Å². The summed E-state index contributed by atoms with van der Waals surface area (Å²) >= 11 is 0. The summed E-state index contributed by atoms with van der Waals surface area (Å²) in [7, 11) is 3.17. The van der Waals surface area contributed by atoms with Crippen molar-refractivity contribution in [3.05, 3.63) is 83.8 Å². The Morgan fingerprint density at radius 3 is 1.73 bits per heavy atom. The van der Waals surface area contributed by atoms with Gasteiger partial charge in [0.15, 0.2) is 29.2 Å². The minimum absolute atomic E-state index is 0.000156. The summed E-state index contributed by atoms with van der Waals surface area (Å²) in [5, 5.41) is 9.22. The van der Waals surface area contributed by atoms with Gasteiger partial charge in [0.05, 0.1) is 40.3 Å². The Labute approximate surface area is 302 Å². The van der Waals surface area contributed by atoms with Crippen molar-refractivity contribution in [3.8, 4) is 34.4 Å². The van der Waals surface area contributed by atoms with Crippen LogP contribution in [0, 0.1) is 0 Å². The number of methoxy groups -OCH3 is 2. The molecule has 2 aliphatic rings. The molecule has 0 bridgehead atoms. The van der Waals surface area contributed by atoms with Crippen molar-refractivity contribution in [2.24, 2.45) is 0 Å². The zero-order chi connectivity index (χ0) is 37.1. The second-order valence-corrected chi connectivity index (χ2v) is 11.1. The number of carbonyl (C=O) groups excluding carboxylic acids is 2. The second kappa shape index (κ2) is 21.2. The maximum atomic E-state index is 12.2. The van der Waals surface area contributed by atoms with Crippen molar-refractivity contribution in [2.75, 3.05) is 40.6 Å². The SMILES string of the molecule is C1=COCCC1.CCOC(=O)c1nc(-c2ccc(OC)cc2)oc1CO.CCOC(=O)c1nc(-c2ccc(OC)cc2)oc1COC1CCCCO1. The number of aliphatic hydroxyl groups is 1. The molecule has 1 unspecified atom stereocenters. The predicted molar refractivity (Wildman–Crippen MR) is 188 cm³/mol. The molecular weight excluding hydrogens is 676 g/mol. The van der Waals surface area contributed by atoms with E-state index in [1.807, 2.05) is 18.2 Å². The van der Waals surface area contributed by atoms with Crippen molar-refractivity contribution >= 4 is 11.9 Å². The van der Waals surface area contributed by atoms with Crippen molar-refractivity contribution in [1.29, 1.82) is 0 Å². The molecule has 14 heteroatoms. The van der Waals surface area contributed by atoms with Crippen LogP contribution < -0.4 is 9.47 Å². The molecule has 1 N–H and O–H groups in total. The van der Waals surface area contributed by atoms with Crippen LogP contribution in [0.15, 0.2) is 69.7 Å². The first kappa shape index (κ1) is 39.6. The number of hydrogen-bond donors (Lipinski definition) is 1. The van der Waals surface area contributed by atoms with E-state index in [0.29, 0.717) is 29.6 Å². The number of hydrogen-bond acceptors (Lipinski definition) is 14. The number of rotatable bonds is 12. The van der Waals surface area contributed by atoms with E-state index in [1.165, 1.54) is 12.8 Å². The molecule has 0 radical (unpaired) electrons. The molecule has 2 aliphatic heterocycles. The third-order valence-corrected chi connectivity index (χ3v) is 7.51. The van der Waals surface area contributed by atoms with Gasteiger partial charge in [0.2, 0.25) is 11.8 Å². The number of nitrogens with zero attached hydrogens (tertiary/aromatic N) is 2. The van der Waals surface area contributed by atoms with Crippen LogP contribution in [0.5, 0.6) is 11.5 Å². The molecule has 4 heterocycles. The molecule has 2 aromatic carbocycles. The quantitative estimate of drug-likeness (QED) is 0.150. The number of ether oxygens (including phenoxy) is 7. The third kappa shape index (κ3) is 11.7. The highest BCUT2D eigenvalue weighted by Crippen LogP contribution is 2.27. The molecule has 2 aromatic heterocycles. The van der Waals surface area contributed by atoms with Crippen LogP contribution in [0.25, 0.3) is 22.9 Å². The van der Waals surface area contributed by atoms with Crippen molar-refractivity contribution in [1.82, 2.24) is 9.97 Å². The molecule has 6 rings (SSSR count). The molecule has 1 saturated heterocycles. The number of aliphatic hydroxyl groups excluding tert-OH is 1. The van der Waals surface area contributed by atoms with Gasteiger partial charge in [0.25, 0.3) is 0 Å². The van der Waals surface area contributed by atoms with E-state index in [2.05, 4.69) is 9.97 Å². The molecule has 1 atom stereocenters. The summed E-state index contributed by atoms with van der Waals surface area (Å²) in [5.74, 6) is 1.30. The second-order valence-electron chi connectivity index (χ2n) is 11.1. The summed E-state index contributed by atoms with van der Waals surface area (Å²) in [6, 6.07) is 14.2. The number of carbonyl (C=O) groups is 2. The van der Waals surface area contributed by atoms with Crippen LogP contribution in [0.4, 0.5) is 0 Å². The third-order valence-electron chi connectivity index (χ3n) is 7.51. The Balaban J connectivity index is 0.000000205. The predicted octanol–water partition coefficient (Wildman–Crippen LogP) is 6.90. The fourth-order valence-electron chi connectivity index (χ4n) is 4.84. The topological polar surface area (TPSA) is 171 Å². The van der Waals surface area contributed by atoms with Gasteiger partial charge >= 0.3 is 11.9 Å². The summed E-state index contributed by atoms with van der Waals surface area (Å²) in [5.41, 5.74) is 1.54. The minimum Gasteiger partial charge on any atom is -0.502 e. The normalized spacial score (nSPS) is 14.8. The van der Waals surface area contributed by atoms with Gasteiger partial charge in [-0.25, -0.2) is 19.6 Å². The zero-order valence-corrected chi connectivity index (χ0v) is 30.0. The van der Waals surface area contributed by atoms with Crippen molar-refractivity contribution in [3.63, 3.8) is 0 Å². The highest BCUT2D eigenvalue weighted by atomic mass is 16.7. The van der Waals surface area contributed by atoms with Crippen LogP contribution in [-0.2, 0) is 36.9 Å². The monoisotopic (exact) mass is 722 g/mol. The minimum atomic E-state index is -0.611. The lowest BCUT2D eigenvalue weighted by atomic mass is 10.2. The number of aromatic nitrogens is 2. The summed E-state index contributed by atoms with van der Waals surface area (Å²) in [6.45, 7) is 5.21. The first-order valence-corrected chi connectivity index (χ1v) is 17.1. The fourth-order valence-corrected chi connectivity index (χ4v) is 4.84. The smallest absolute Gasteiger partial charge is 0.360 e. The Kier molecular flexibility index (Phi) is 16.2. The van der Waals surface area contributed by atoms with Gasteiger partial charge in [0.1, 0.15) is 24.7 Å². The molecule has 0 aliphatic carbocycles. The Hall–Kier alpha value is -5.18. The van der Waals surface area contributed by atoms with Gasteiger partial charge in [-0.1, -0.05) is 0 Å². The number of esters is 2. The fraction of sp³-hybridized carbons (Fsp3) is 0.421. The molecule has 52 heavy (non-hydrogen) atoms. The van der Waals surface area contributed by atoms with E-state index in [4.69, 9.17) is 42.0 Å². The average Bonchev–Trinajstić information content (AvgIpc) is 3.84. The largest absolute Gasteiger partial charge is 0.502 e. The number of allylic oxidation sites excluding steroid dienone is 1. The number of benzene rings is 2. The Bertz CT molecular complexity index is 1680.